The highest BCUT2D eigenvalue weighted by atomic mass is 32.1. The van der Waals surface area contributed by atoms with Crippen molar-refractivity contribution >= 4 is 17.2 Å². The summed E-state index contributed by atoms with van der Waals surface area (Å²) < 4.78 is 2.03. The van der Waals surface area contributed by atoms with Gasteiger partial charge in [0.15, 0.2) is 0 Å². The molecular formula is C17H17N3OS. The molecule has 4 nitrogen and oxygen atoms in total. The third kappa shape index (κ3) is 3.26. The number of hydrogen-bond acceptors (Lipinski definition) is 3. The molecule has 3 rings (SSSR count). The van der Waals surface area contributed by atoms with E-state index in [-0.39, 0.29) is 5.91 Å². The maximum absolute atomic E-state index is 12.8. The second-order valence-corrected chi connectivity index (χ2v) is 6.10. The molecular weight excluding hydrogens is 294 g/mol. The van der Waals surface area contributed by atoms with Crippen molar-refractivity contribution in [3.05, 3.63) is 76.5 Å². The molecule has 22 heavy (non-hydrogen) atoms. The van der Waals surface area contributed by atoms with Crippen molar-refractivity contribution in [3.8, 4) is 0 Å². The molecule has 0 fully saturated rings. The molecule has 0 aliphatic carbocycles. The van der Waals surface area contributed by atoms with Crippen molar-refractivity contribution in [3.63, 3.8) is 0 Å². The topological polar surface area (TPSA) is 38.1 Å². The Labute approximate surface area is 133 Å². The lowest BCUT2D eigenvalue weighted by Crippen LogP contribution is -2.31. The lowest BCUT2D eigenvalue weighted by Gasteiger charge is -2.22. The van der Waals surface area contributed by atoms with Gasteiger partial charge in [0, 0.05) is 30.0 Å². The first-order chi connectivity index (χ1) is 10.7. The number of rotatable bonds is 5. The molecule has 0 spiro atoms. The molecule has 0 saturated heterocycles. The Bertz CT molecular complexity index is 734. The summed E-state index contributed by atoms with van der Waals surface area (Å²) in [6.45, 7) is 1.16. The summed E-state index contributed by atoms with van der Waals surface area (Å²) in [5.74, 6) is -0.0461. The number of aromatic nitrogens is 2. The van der Waals surface area contributed by atoms with Gasteiger partial charge in [0.2, 0.25) is 0 Å². The Balaban J connectivity index is 1.85. The van der Waals surface area contributed by atoms with Crippen LogP contribution in [0.1, 0.15) is 21.1 Å². The Morgan fingerprint density at radius 1 is 1.18 bits per heavy atom. The van der Waals surface area contributed by atoms with E-state index in [9.17, 15) is 4.79 Å². The van der Waals surface area contributed by atoms with Gasteiger partial charge in [-0.3, -0.25) is 9.78 Å². The van der Waals surface area contributed by atoms with Crippen LogP contribution in [0.3, 0.4) is 0 Å². The summed E-state index contributed by atoms with van der Waals surface area (Å²) in [5.41, 5.74) is 1.58. The normalized spacial score (nSPS) is 10.6. The molecule has 0 radical (unpaired) electrons. The molecule has 0 atom stereocenters. The number of pyridine rings is 1. The number of aryl methyl sites for hydroxylation is 1. The first kappa shape index (κ1) is 14.5. The molecule has 0 N–H and O–H groups in total. The number of nitrogens with zero attached hydrogens (tertiary/aromatic N) is 3. The van der Waals surface area contributed by atoms with E-state index in [2.05, 4.69) is 4.98 Å². The van der Waals surface area contributed by atoms with Crippen molar-refractivity contribution in [1.82, 2.24) is 14.5 Å². The van der Waals surface area contributed by atoms with Crippen molar-refractivity contribution in [2.75, 3.05) is 0 Å². The fourth-order valence-corrected chi connectivity index (χ4v) is 3.02. The van der Waals surface area contributed by atoms with E-state index in [1.54, 1.807) is 23.6 Å². The molecule has 0 aliphatic heterocycles. The van der Waals surface area contributed by atoms with Crippen molar-refractivity contribution in [2.45, 2.75) is 13.1 Å². The lowest BCUT2D eigenvalue weighted by molar-refractivity contribution is 0.0722. The molecule has 5 heteroatoms. The predicted molar refractivity (Wildman–Crippen MR) is 87.5 cm³/mol. The average Bonchev–Trinajstić information content (AvgIpc) is 3.19. The molecule has 3 aromatic rings. The third-order valence-corrected chi connectivity index (χ3v) is 4.36. The van der Waals surface area contributed by atoms with Gasteiger partial charge in [0.1, 0.15) is 5.69 Å². The zero-order valence-electron chi connectivity index (χ0n) is 12.3. The second kappa shape index (κ2) is 6.58. The summed E-state index contributed by atoms with van der Waals surface area (Å²) in [6.07, 6.45) is 3.64. The summed E-state index contributed by atoms with van der Waals surface area (Å²) in [7, 11) is 1.99. The van der Waals surface area contributed by atoms with Crippen LogP contribution in [-0.4, -0.2) is 20.4 Å². The van der Waals surface area contributed by atoms with Gasteiger partial charge in [-0.1, -0.05) is 12.1 Å². The molecule has 0 aromatic carbocycles. The first-order valence-electron chi connectivity index (χ1n) is 7.07. The molecule has 0 bridgehead atoms. The van der Waals surface area contributed by atoms with Gasteiger partial charge in [0.05, 0.1) is 13.1 Å². The summed E-state index contributed by atoms with van der Waals surface area (Å²) >= 11 is 1.66. The van der Waals surface area contributed by atoms with Crippen LogP contribution in [0.25, 0.3) is 0 Å². The van der Waals surface area contributed by atoms with Crippen LogP contribution in [0.4, 0.5) is 0 Å². The van der Waals surface area contributed by atoms with E-state index < -0.39 is 0 Å². The number of carbonyl (C=O) groups is 1. The highest BCUT2D eigenvalue weighted by Gasteiger charge is 2.18. The van der Waals surface area contributed by atoms with Gasteiger partial charge >= 0.3 is 0 Å². The predicted octanol–water partition coefficient (Wildman–Crippen LogP) is 3.32. The smallest absolute Gasteiger partial charge is 0.273 e. The van der Waals surface area contributed by atoms with Gasteiger partial charge in [-0.2, -0.15) is 0 Å². The summed E-state index contributed by atoms with van der Waals surface area (Å²) in [4.78, 5) is 20.0. The zero-order valence-corrected chi connectivity index (χ0v) is 13.2. The molecule has 0 aliphatic rings. The van der Waals surface area contributed by atoms with E-state index in [0.29, 0.717) is 18.8 Å². The standard InChI is InChI=1S/C17H17N3OS/c1-19-10-4-6-14(19)12-20(13-15-7-5-11-22-15)17(21)16-8-2-3-9-18-16/h2-11H,12-13H2,1H3. The molecule has 112 valence electrons. The van der Waals surface area contributed by atoms with Crippen LogP contribution in [0.15, 0.2) is 60.2 Å². The number of amides is 1. The van der Waals surface area contributed by atoms with Gasteiger partial charge < -0.3 is 9.47 Å². The Morgan fingerprint density at radius 3 is 2.73 bits per heavy atom. The van der Waals surface area contributed by atoms with E-state index in [1.165, 1.54) is 4.88 Å². The van der Waals surface area contributed by atoms with Gasteiger partial charge in [0.25, 0.3) is 5.91 Å². The molecule has 3 heterocycles. The molecule has 1 amide bonds. The number of thiophene rings is 1. The highest BCUT2D eigenvalue weighted by Crippen LogP contribution is 2.16. The van der Waals surface area contributed by atoms with Crippen molar-refractivity contribution < 1.29 is 4.79 Å². The fraction of sp³-hybridized carbons (Fsp3) is 0.176. The monoisotopic (exact) mass is 311 g/mol. The van der Waals surface area contributed by atoms with Crippen LogP contribution in [0.2, 0.25) is 0 Å². The SMILES string of the molecule is Cn1cccc1CN(Cc1cccs1)C(=O)c1ccccn1. The quantitative estimate of drug-likeness (QED) is 0.725. The maximum Gasteiger partial charge on any atom is 0.273 e. The van der Waals surface area contributed by atoms with Crippen LogP contribution in [-0.2, 0) is 20.1 Å². The minimum absolute atomic E-state index is 0.0461. The minimum atomic E-state index is -0.0461. The lowest BCUT2D eigenvalue weighted by atomic mass is 10.2. The Kier molecular flexibility index (Phi) is 4.34. The number of hydrogen-bond donors (Lipinski definition) is 0. The fourth-order valence-electron chi connectivity index (χ4n) is 2.30. The van der Waals surface area contributed by atoms with E-state index >= 15 is 0 Å². The van der Waals surface area contributed by atoms with Crippen molar-refractivity contribution in [1.29, 1.82) is 0 Å². The zero-order chi connectivity index (χ0) is 15.4. The van der Waals surface area contributed by atoms with Crippen LogP contribution >= 0.6 is 11.3 Å². The van der Waals surface area contributed by atoms with E-state index in [0.717, 1.165) is 5.69 Å². The van der Waals surface area contributed by atoms with Crippen molar-refractivity contribution in [2.24, 2.45) is 7.05 Å². The molecule has 3 aromatic heterocycles. The van der Waals surface area contributed by atoms with Gasteiger partial charge in [-0.05, 0) is 35.7 Å². The van der Waals surface area contributed by atoms with Crippen LogP contribution in [0.5, 0.6) is 0 Å². The highest BCUT2D eigenvalue weighted by molar-refractivity contribution is 7.09. The van der Waals surface area contributed by atoms with Crippen LogP contribution < -0.4 is 0 Å². The van der Waals surface area contributed by atoms with Gasteiger partial charge in [-0.15, -0.1) is 11.3 Å². The van der Waals surface area contributed by atoms with Gasteiger partial charge in [-0.25, -0.2) is 0 Å². The Hall–Kier alpha value is -2.40. The third-order valence-electron chi connectivity index (χ3n) is 3.50. The Morgan fingerprint density at radius 2 is 2.09 bits per heavy atom. The average molecular weight is 311 g/mol. The summed E-state index contributed by atoms with van der Waals surface area (Å²) in [5, 5.41) is 2.03. The maximum atomic E-state index is 12.8. The second-order valence-electron chi connectivity index (χ2n) is 5.07. The first-order valence-corrected chi connectivity index (χ1v) is 7.95. The molecule has 0 unspecified atom stereocenters. The van der Waals surface area contributed by atoms with E-state index in [4.69, 9.17) is 0 Å². The van der Waals surface area contributed by atoms with E-state index in [1.807, 2.05) is 64.5 Å². The summed E-state index contributed by atoms with van der Waals surface area (Å²) in [6, 6.07) is 13.5. The van der Waals surface area contributed by atoms with Crippen LogP contribution in [0, 0.1) is 0 Å². The molecule has 0 saturated carbocycles. The minimum Gasteiger partial charge on any atom is -0.353 e. The number of carbonyl (C=O) groups excluding carboxylic acids is 1. The largest absolute Gasteiger partial charge is 0.353 e.